The quantitative estimate of drug-likeness (QED) is 0.821. The number of nitrogens with one attached hydrogen (secondary N) is 1. The van der Waals surface area contributed by atoms with Crippen molar-refractivity contribution in [1.29, 1.82) is 5.26 Å². The Morgan fingerprint density at radius 2 is 1.91 bits per heavy atom. The van der Waals surface area contributed by atoms with Gasteiger partial charge in [-0.15, -0.1) is 11.8 Å². The molecule has 1 amide bonds. The molecule has 0 bridgehead atoms. The Morgan fingerprint density at radius 3 is 2.61 bits per heavy atom. The third kappa shape index (κ3) is 4.18. The Bertz CT molecular complexity index is 741. The molecule has 118 valence electrons. The van der Waals surface area contributed by atoms with Crippen LogP contribution in [-0.4, -0.2) is 25.9 Å². The summed E-state index contributed by atoms with van der Waals surface area (Å²) in [4.78, 5) is 13.2. The molecule has 0 heterocycles. The molecule has 0 aliphatic carbocycles. The zero-order chi connectivity index (χ0) is 16.7. The van der Waals surface area contributed by atoms with Gasteiger partial charge in [0, 0.05) is 16.6 Å². The van der Waals surface area contributed by atoms with E-state index in [1.54, 1.807) is 37.4 Å². The van der Waals surface area contributed by atoms with Crippen molar-refractivity contribution in [2.45, 2.75) is 4.90 Å². The first-order valence-electron chi connectivity index (χ1n) is 6.81. The van der Waals surface area contributed by atoms with Gasteiger partial charge in [-0.2, -0.15) is 5.26 Å². The van der Waals surface area contributed by atoms with Gasteiger partial charge in [-0.1, -0.05) is 12.1 Å². The average molecular weight is 328 g/mol. The lowest BCUT2D eigenvalue weighted by Crippen LogP contribution is -2.13. The number of nitrogens with zero attached hydrogens (tertiary/aromatic N) is 1. The smallest absolute Gasteiger partial charge is 0.256 e. The highest BCUT2D eigenvalue weighted by Gasteiger charge is 2.13. The molecule has 2 rings (SSSR count). The molecular weight excluding hydrogens is 312 g/mol. The van der Waals surface area contributed by atoms with Crippen molar-refractivity contribution in [3.63, 3.8) is 0 Å². The van der Waals surface area contributed by atoms with Crippen LogP contribution in [0.2, 0.25) is 0 Å². The lowest BCUT2D eigenvalue weighted by molar-refractivity contribution is 0.102. The summed E-state index contributed by atoms with van der Waals surface area (Å²) in [6.45, 7) is 0. The summed E-state index contributed by atoms with van der Waals surface area (Å²) in [6, 6.07) is 14.4. The van der Waals surface area contributed by atoms with E-state index in [9.17, 15) is 4.79 Å². The maximum absolute atomic E-state index is 12.5. The van der Waals surface area contributed by atoms with Gasteiger partial charge >= 0.3 is 0 Å². The number of anilines is 1. The highest BCUT2D eigenvalue weighted by Crippen LogP contribution is 2.30. The fourth-order valence-corrected chi connectivity index (χ4v) is 2.71. The van der Waals surface area contributed by atoms with Crippen molar-refractivity contribution in [2.24, 2.45) is 0 Å². The molecule has 0 atom stereocenters. The van der Waals surface area contributed by atoms with Gasteiger partial charge in [0.2, 0.25) is 0 Å². The van der Waals surface area contributed by atoms with E-state index in [0.717, 1.165) is 4.90 Å². The normalized spacial score (nSPS) is 9.78. The number of carbonyl (C=O) groups is 1. The number of amides is 1. The van der Waals surface area contributed by atoms with E-state index >= 15 is 0 Å². The first-order valence-corrected chi connectivity index (χ1v) is 7.80. The van der Waals surface area contributed by atoms with E-state index in [4.69, 9.17) is 14.7 Å². The third-order valence-corrected chi connectivity index (χ3v) is 4.01. The summed E-state index contributed by atoms with van der Waals surface area (Å²) in [5.74, 6) is 1.19. The molecule has 6 heteroatoms. The van der Waals surface area contributed by atoms with Crippen LogP contribution in [0.15, 0.2) is 47.4 Å². The third-order valence-electron chi connectivity index (χ3n) is 3.07. The molecule has 0 saturated carbocycles. The largest absolute Gasteiger partial charge is 0.493 e. The number of nitriles is 1. The molecule has 2 aromatic rings. The molecule has 0 fully saturated rings. The number of methoxy groups -OCH3 is 2. The minimum absolute atomic E-state index is 0.238. The SMILES string of the molecule is COc1ccc(NC(=O)c2ccccc2SCC#N)cc1OC. The predicted molar refractivity (Wildman–Crippen MR) is 90.3 cm³/mol. The molecule has 0 saturated heterocycles. The second-order valence-corrected chi connectivity index (χ2v) is 5.48. The molecule has 0 spiro atoms. The second-order valence-electron chi connectivity index (χ2n) is 4.47. The molecule has 1 N–H and O–H groups in total. The first-order chi connectivity index (χ1) is 11.2. The lowest BCUT2D eigenvalue weighted by atomic mass is 10.2. The number of hydrogen-bond acceptors (Lipinski definition) is 5. The van der Waals surface area contributed by atoms with Gasteiger partial charge in [0.15, 0.2) is 11.5 Å². The number of hydrogen-bond donors (Lipinski definition) is 1. The number of rotatable bonds is 6. The minimum Gasteiger partial charge on any atom is -0.493 e. The van der Waals surface area contributed by atoms with Crippen LogP contribution in [0.5, 0.6) is 11.5 Å². The van der Waals surface area contributed by atoms with Crippen LogP contribution < -0.4 is 14.8 Å². The highest BCUT2D eigenvalue weighted by molar-refractivity contribution is 7.99. The number of thioether (sulfide) groups is 1. The molecule has 0 aliphatic heterocycles. The van der Waals surface area contributed by atoms with Crippen molar-refractivity contribution in [3.8, 4) is 17.6 Å². The van der Waals surface area contributed by atoms with Crippen LogP contribution in [0.3, 0.4) is 0 Å². The van der Waals surface area contributed by atoms with Gasteiger partial charge < -0.3 is 14.8 Å². The van der Waals surface area contributed by atoms with Crippen LogP contribution in [0, 0.1) is 11.3 Å². The van der Waals surface area contributed by atoms with Crippen molar-refractivity contribution in [1.82, 2.24) is 0 Å². The molecule has 2 aromatic carbocycles. The van der Waals surface area contributed by atoms with Gasteiger partial charge in [-0.3, -0.25) is 4.79 Å². The van der Waals surface area contributed by atoms with E-state index in [-0.39, 0.29) is 5.91 Å². The summed E-state index contributed by atoms with van der Waals surface area (Å²) in [5.41, 5.74) is 1.13. The predicted octanol–water partition coefficient (Wildman–Crippen LogP) is 3.57. The molecule has 0 aliphatic rings. The summed E-state index contributed by atoms with van der Waals surface area (Å²) in [6.07, 6.45) is 0. The molecule has 0 radical (unpaired) electrons. The molecule has 0 aromatic heterocycles. The molecule has 0 unspecified atom stereocenters. The van der Waals surface area contributed by atoms with Crippen LogP contribution in [0.1, 0.15) is 10.4 Å². The summed E-state index contributed by atoms with van der Waals surface area (Å²) in [5, 5.41) is 11.5. The second kappa shape index (κ2) is 8.11. The summed E-state index contributed by atoms with van der Waals surface area (Å²) >= 11 is 1.33. The Hall–Kier alpha value is -2.65. The fourth-order valence-electron chi connectivity index (χ4n) is 2.00. The lowest BCUT2D eigenvalue weighted by Gasteiger charge is -2.12. The van der Waals surface area contributed by atoms with Gasteiger partial charge in [-0.05, 0) is 24.3 Å². The van der Waals surface area contributed by atoms with Gasteiger partial charge in [-0.25, -0.2) is 0 Å². The van der Waals surface area contributed by atoms with E-state index in [0.29, 0.717) is 28.5 Å². The monoisotopic (exact) mass is 328 g/mol. The van der Waals surface area contributed by atoms with Gasteiger partial charge in [0.05, 0.1) is 31.6 Å². The standard InChI is InChI=1S/C17H16N2O3S/c1-21-14-8-7-12(11-15(14)22-2)19-17(20)13-5-3-4-6-16(13)23-10-9-18/h3-8,11H,10H2,1-2H3,(H,19,20). The maximum atomic E-state index is 12.5. The van der Waals surface area contributed by atoms with Crippen molar-refractivity contribution in [2.75, 3.05) is 25.3 Å². The first kappa shape index (κ1) is 16.7. The van der Waals surface area contributed by atoms with Crippen LogP contribution in [0.4, 0.5) is 5.69 Å². The number of benzene rings is 2. The molecule has 5 nitrogen and oxygen atoms in total. The van der Waals surface area contributed by atoms with Crippen LogP contribution in [-0.2, 0) is 0 Å². The Labute approximate surface area is 139 Å². The Kier molecular flexibility index (Phi) is 5.89. The minimum atomic E-state index is -0.238. The number of ether oxygens (including phenoxy) is 2. The van der Waals surface area contributed by atoms with Gasteiger partial charge in [0.25, 0.3) is 5.91 Å². The van der Waals surface area contributed by atoms with Crippen molar-refractivity contribution >= 4 is 23.4 Å². The van der Waals surface area contributed by atoms with E-state index in [2.05, 4.69) is 11.4 Å². The summed E-state index contributed by atoms with van der Waals surface area (Å²) in [7, 11) is 3.09. The molecular formula is C17H16N2O3S. The zero-order valence-electron chi connectivity index (χ0n) is 12.8. The topological polar surface area (TPSA) is 71.3 Å². The highest BCUT2D eigenvalue weighted by atomic mass is 32.2. The van der Waals surface area contributed by atoms with E-state index in [1.165, 1.54) is 18.9 Å². The number of carbonyl (C=O) groups excluding carboxylic acids is 1. The van der Waals surface area contributed by atoms with E-state index in [1.807, 2.05) is 12.1 Å². The Morgan fingerprint density at radius 1 is 1.17 bits per heavy atom. The summed E-state index contributed by atoms with van der Waals surface area (Å²) < 4.78 is 10.4. The Balaban J connectivity index is 2.21. The van der Waals surface area contributed by atoms with Crippen LogP contribution >= 0.6 is 11.8 Å². The molecule has 23 heavy (non-hydrogen) atoms. The van der Waals surface area contributed by atoms with E-state index < -0.39 is 0 Å². The fraction of sp³-hybridized carbons (Fsp3) is 0.176. The zero-order valence-corrected chi connectivity index (χ0v) is 13.6. The van der Waals surface area contributed by atoms with Gasteiger partial charge in [0.1, 0.15) is 0 Å². The maximum Gasteiger partial charge on any atom is 0.256 e. The van der Waals surface area contributed by atoms with Crippen LogP contribution in [0.25, 0.3) is 0 Å². The van der Waals surface area contributed by atoms with Crippen molar-refractivity contribution in [3.05, 3.63) is 48.0 Å². The van der Waals surface area contributed by atoms with Crippen molar-refractivity contribution < 1.29 is 14.3 Å². The average Bonchev–Trinajstić information content (AvgIpc) is 2.60.